The number of alkyl halides is 3. The van der Waals surface area contributed by atoms with Crippen LogP contribution < -0.4 is 10.2 Å². The van der Waals surface area contributed by atoms with Gasteiger partial charge < -0.3 is 15.0 Å². The summed E-state index contributed by atoms with van der Waals surface area (Å²) in [7, 11) is 1.34. The van der Waals surface area contributed by atoms with Crippen molar-refractivity contribution in [2.45, 2.75) is 20.0 Å². The van der Waals surface area contributed by atoms with Crippen LogP contribution in [0.2, 0.25) is 0 Å². The molecular weight excluding hydrogens is 285 g/mol. The maximum absolute atomic E-state index is 12.8. The summed E-state index contributed by atoms with van der Waals surface area (Å²) >= 11 is 0. The molecular formula is C14H19F3N2O2. The first-order valence-electron chi connectivity index (χ1n) is 6.58. The first kappa shape index (κ1) is 17.3. The number of nitrogens with one attached hydrogen (secondary N) is 1. The van der Waals surface area contributed by atoms with Gasteiger partial charge in [0.05, 0.1) is 16.9 Å². The summed E-state index contributed by atoms with van der Waals surface area (Å²) in [6.45, 7) is 4.81. The van der Waals surface area contributed by atoms with Gasteiger partial charge in [-0.1, -0.05) is 0 Å². The molecule has 0 fully saturated rings. The Morgan fingerprint density at radius 2 is 1.90 bits per heavy atom. The largest absolute Gasteiger partial charge is 0.416 e. The summed E-state index contributed by atoms with van der Waals surface area (Å²) < 4.78 is 43.1. The topological polar surface area (TPSA) is 41.6 Å². The fourth-order valence-corrected chi connectivity index (χ4v) is 1.97. The molecule has 0 heterocycles. The summed E-state index contributed by atoms with van der Waals surface area (Å²) in [6, 6.07) is 3.33. The van der Waals surface area contributed by atoms with Gasteiger partial charge in [0.1, 0.15) is 6.61 Å². The molecule has 0 atom stereocenters. The number of methoxy groups -OCH3 is 1. The summed E-state index contributed by atoms with van der Waals surface area (Å²) in [5.41, 5.74) is -0.112. The van der Waals surface area contributed by atoms with Gasteiger partial charge in [-0.05, 0) is 32.0 Å². The van der Waals surface area contributed by atoms with Crippen molar-refractivity contribution in [3.05, 3.63) is 23.8 Å². The lowest BCUT2D eigenvalue weighted by atomic mass is 10.1. The number of anilines is 2. The number of halogens is 3. The highest BCUT2D eigenvalue weighted by molar-refractivity contribution is 5.95. The van der Waals surface area contributed by atoms with Crippen LogP contribution in [0.25, 0.3) is 0 Å². The van der Waals surface area contributed by atoms with Crippen LogP contribution in [-0.4, -0.2) is 32.7 Å². The molecule has 0 aliphatic rings. The van der Waals surface area contributed by atoms with Gasteiger partial charge in [-0.2, -0.15) is 13.2 Å². The minimum absolute atomic E-state index is 0.135. The van der Waals surface area contributed by atoms with E-state index < -0.39 is 17.6 Å². The predicted octanol–water partition coefficient (Wildman–Crippen LogP) is 3.14. The maximum atomic E-state index is 12.8. The van der Waals surface area contributed by atoms with Gasteiger partial charge in [-0.25, -0.2) is 0 Å². The highest BCUT2D eigenvalue weighted by Gasteiger charge is 2.31. The molecule has 7 heteroatoms. The third-order valence-electron chi connectivity index (χ3n) is 2.98. The molecule has 0 aliphatic heterocycles. The van der Waals surface area contributed by atoms with Crippen molar-refractivity contribution in [1.82, 2.24) is 0 Å². The lowest BCUT2D eigenvalue weighted by molar-refractivity contribution is -0.137. The molecule has 1 amide bonds. The fourth-order valence-electron chi connectivity index (χ4n) is 1.97. The quantitative estimate of drug-likeness (QED) is 0.878. The highest BCUT2D eigenvalue weighted by atomic mass is 19.4. The van der Waals surface area contributed by atoms with Gasteiger partial charge >= 0.3 is 6.18 Å². The van der Waals surface area contributed by atoms with Crippen molar-refractivity contribution < 1.29 is 22.7 Å². The first-order chi connectivity index (χ1) is 9.83. The minimum atomic E-state index is -4.46. The summed E-state index contributed by atoms with van der Waals surface area (Å²) in [5, 5.41) is 2.47. The molecule has 0 aliphatic carbocycles. The smallest absolute Gasteiger partial charge is 0.375 e. The number of carbonyl (C=O) groups excluding carboxylic acids is 1. The van der Waals surface area contributed by atoms with Gasteiger partial charge in [-0.15, -0.1) is 0 Å². The van der Waals surface area contributed by atoms with Crippen LogP contribution >= 0.6 is 0 Å². The standard InChI is InChI=1S/C14H19F3N2O2/c1-4-19(5-2)12-7-6-10(14(15,16)17)8-11(12)18-13(20)9-21-3/h6-8H,4-5,9H2,1-3H3,(H,18,20). The van der Waals surface area contributed by atoms with Gasteiger partial charge in [0.25, 0.3) is 0 Å². The van der Waals surface area contributed by atoms with Crippen LogP contribution in [-0.2, 0) is 15.7 Å². The van der Waals surface area contributed by atoms with Crippen LogP contribution in [0.3, 0.4) is 0 Å². The molecule has 1 rings (SSSR count). The Balaban J connectivity index is 3.21. The van der Waals surface area contributed by atoms with Crippen LogP contribution in [0.1, 0.15) is 19.4 Å². The molecule has 0 unspecified atom stereocenters. The van der Waals surface area contributed by atoms with Gasteiger partial charge in [0, 0.05) is 20.2 Å². The normalized spacial score (nSPS) is 11.3. The van der Waals surface area contributed by atoms with Crippen LogP contribution in [0.4, 0.5) is 24.5 Å². The average Bonchev–Trinajstić information content (AvgIpc) is 2.40. The summed E-state index contributed by atoms with van der Waals surface area (Å²) in [5.74, 6) is -0.495. The van der Waals surface area contributed by atoms with Crippen LogP contribution in [0.5, 0.6) is 0 Å². The summed E-state index contributed by atoms with van der Waals surface area (Å²) in [4.78, 5) is 13.5. The molecule has 4 nitrogen and oxygen atoms in total. The number of hydrogen-bond acceptors (Lipinski definition) is 3. The predicted molar refractivity (Wildman–Crippen MR) is 75.5 cm³/mol. The number of carbonyl (C=O) groups is 1. The van der Waals surface area contributed by atoms with Gasteiger partial charge in [0.15, 0.2) is 0 Å². The molecule has 0 saturated heterocycles. The number of amides is 1. The van der Waals surface area contributed by atoms with E-state index in [1.54, 1.807) is 0 Å². The molecule has 1 aromatic rings. The van der Waals surface area contributed by atoms with Crippen molar-refractivity contribution in [2.24, 2.45) is 0 Å². The minimum Gasteiger partial charge on any atom is -0.375 e. The van der Waals surface area contributed by atoms with Crippen molar-refractivity contribution in [3.8, 4) is 0 Å². The zero-order valence-electron chi connectivity index (χ0n) is 12.3. The Kier molecular flexibility index (Phi) is 6.02. The SMILES string of the molecule is CCN(CC)c1ccc(C(F)(F)F)cc1NC(=O)COC. The lowest BCUT2D eigenvalue weighted by Gasteiger charge is -2.25. The molecule has 0 saturated carbocycles. The monoisotopic (exact) mass is 304 g/mol. The maximum Gasteiger partial charge on any atom is 0.416 e. The summed E-state index contributed by atoms with van der Waals surface area (Å²) in [6.07, 6.45) is -4.46. The Labute approximate surface area is 121 Å². The third kappa shape index (κ3) is 4.63. The Bertz CT molecular complexity index is 486. The van der Waals surface area contributed by atoms with Crippen LogP contribution in [0, 0.1) is 0 Å². The van der Waals surface area contributed by atoms with E-state index in [2.05, 4.69) is 10.1 Å². The molecule has 0 aromatic heterocycles. The molecule has 0 spiro atoms. The number of hydrogen-bond donors (Lipinski definition) is 1. The molecule has 1 N–H and O–H groups in total. The first-order valence-corrected chi connectivity index (χ1v) is 6.58. The van der Waals surface area contributed by atoms with E-state index in [1.807, 2.05) is 18.7 Å². The van der Waals surface area contributed by atoms with Crippen molar-refractivity contribution >= 4 is 17.3 Å². The number of benzene rings is 1. The molecule has 0 bridgehead atoms. The van der Waals surface area contributed by atoms with Crippen molar-refractivity contribution in [1.29, 1.82) is 0 Å². The van der Waals surface area contributed by atoms with Crippen molar-refractivity contribution in [3.63, 3.8) is 0 Å². The molecule has 0 radical (unpaired) electrons. The van der Waals surface area contributed by atoms with Gasteiger partial charge in [0.2, 0.25) is 5.91 Å². The van der Waals surface area contributed by atoms with E-state index in [1.165, 1.54) is 13.2 Å². The molecule has 118 valence electrons. The number of nitrogens with zero attached hydrogens (tertiary/aromatic N) is 1. The van der Waals surface area contributed by atoms with Crippen molar-refractivity contribution in [2.75, 3.05) is 37.0 Å². The molecule has 21 heavy (non-hydrogen) atoms. The number of rotatable bonds is 6. The lowest BCUT2D eigenvalue weighted by Crippen LogP contribution is -2.25. The van der Waals surface area contributed by atoms with E-state index in [-0.39, 0.29) is 12.3 Å². The van der Waals surface area contributed by atoms with E-state index in [9.17, 15) is 18.0 Å². The third-order valence-corrected chi connectivity index (χ3v) is 2.98. The van der Waals surface area contributed by atoms with E-state index >= 15 is 0 Å². The zero-order chi connectivity index (χ0) is 16.0. The van der Waals surface area contributed by atoms with E-state index in [4.69, 9.17) is 0 Å². The highest BCUT2D eigenvalue weighted by Crippen LogP contribution is 2.35. The second-order valence-corrected chi connectivity index (χ2v) is 4.38. The fraction of sp³-hybridized carbons (Fsp3) is 0.500. The Morgan fingerprint density at radius 3 is 2.38 bits per heavy atom. The second kappa shape index (κ2) is 7.31. The second-order valence-electron chi connectivity index (χ2n) is 4.38. The van der Waals surface area contributed by atoms with E-state index in [0.717, 1.165) is 12.1 Å². The Morgan fingerprint density at radius 1 is 1.29 bits per heavy atom. The average molecular weight is 304 g/mol. The van der Waals surface area contributed by atoms with Crippen LogP contribution in [0.15, 0.2) is 18.2 Å². The Hall–Kier alpha value is -1.76. The number of ether oxygens (including phenoxy) is 1. The van der Waals surface area contributed by atoms with Gasteiger partial charge in [-0.3, -0.25) is 4.79 Å². The van der Waals surface area contributed by atoms with E-state index in [0.29, 0.717) is 18.8 Å². The molecule has 1 aromatic carbocycles. The zero-order valence-corrected chi connectivity index (χ0v) is 12.3.